The van der Waals surface area contributed by atoms with E-state index in [0.717, 1.165) is 7.11 Å². The number of ether oxygens (including phenoxy) is 1. The molecule has 1 amide bonds. The first kappa shape index (κ1) is 13.8. The van der Waals surface area contributed by atoms with Gasteiger partial charge < -0.3 is 26.6 Å². The molecule has 0 atom stereocenters. The molecular weight excluding hydrogens is 218 g/mol. The second-order valence-electron chi connectivity index (χ2n) is 2.44. The highest BCUT2D eigenvalue weighted by molar-refractivity contribution is 6.38. The van der Waals surface area contributed by atoms with Crippen molar-refractivity contribution in [3.05, 3.63) is 0 Å². The molecule has 0 unspecified atom stereocenters. The minimum Gasteiger partial charge on any atom is -0.463 e. The average molecular weight is 231 g/mol. The smallest absolute Gasteiger partial charge is 0.375 e. The van der Waals surface area contributed by atoms with E-state index in [2.05, 4.69) is 20.3 Å². The van der Waals surface area contributed by atoms with E-state index in [4.69, 9.17) is 16.6 Å². The van der Waals surface area contributed by atoms with Crippen LogP contribution in [0.4, 0.5) is 0 Å². The molecule has 0 aromatic carbocycles. The molecule has 0 saturated carbocycles. The molecule has 0 aromatic heterocycles. The van der Waals surface area contributed by atoms with E-state index in [-0.39, 0.29) is 13.2 Å². The van der Waals surface area contributed by atoms with E-state index < -0.39 is 23.5 Å². The molecular formula is C7H13N5O4. The number of carbonyl (C=O) groups is 2. The second kappa shape index (κ2) is 7.17. The summed E-state index contributed by atoms with van der Waals surface area (Å²) in [7, 11) is 1.12. The van der Waals surface area contributed by atoms with Crippen LogP contribution in [0.5, 0.6) is 0 Å². The summed E-state index contributed by atoms with van der Waals surface area (Å²) in [6.45, 7) is -0.197. The van der Waals surface area contributed by atoms with Crippen molar-refractivity contribution in [3.63, 3.8) is 0 Å². The minimum absolute atomic E-state index is 0.0330. The Kier molecular flexibility index (Phi) is 6.21. The van der Waals surface area contributed by atoms with E-state index in [0.29, 0.717) is 0 Å². The van der Waals surface area contributed by atoms with Gasteiger partial charge in [-0.3, -0.25) is 4.79 Å². The van der Waals surface area contributed by atoms with Gasteiger partial charge in [0.1, 0.15) is 0 Å². The first-order valence-corrected chi connectivity index (χ1v) is 4.16. The van der Waals surface area contributed by atoms with Gasteiger partial charge >= 0.3 is 5.97 Å². The third-order valence-corrected chi connectivity index (χ3v) is 1.29. The number of methoxy groups -OCH3 is 1. The molecule has 90 valence electrons. The van der Waals surface area contributed by atoms with Crippen LogP contribution in [0.1, 0.15) is 0 Å². The summed E-state index contributed by atoms with van der Waals surface area (Å²) in [5.74, 6) is -2.62. The van der Waals surface area contributed by atoms with Gasteiger partial charge in [-0.05, 0) is 0 Å². The predicted octanol–water partition coefficient (Wildman–Crippen LogP) is -3.10. The van der Waals surface area contributed by atoms with Crippen LogP contribution in [0.2, 0.25) is 0 Å². The van der Waals surface area contributed by atoms with E-state index in [9.17, 15) is 9.59 Å². The fourth-order valence-electron chi connectivity index (χ4n) is 0.559. The highest BCUT2D eigenvalue weighted by atomic mass is 16.5. The van der Waals surface area contributed by atoms with Gasteiger partial charge in [-0.2, -0.15) is 0 Å². The minimum atomic E-state index is -0.882. The van der Waals surface area contributed by atoms with Crippen molar-refractivity contribution in [3.8, 4) is 0 Å². The maximum Gasteiger partial charge on any atom is 0.375 e. The van der Waals surface area contributed by atoms with Crippen molar-refractivity contribution in [1.29, 1.82) is 0 Å². The van der Waals surface area contributed by atoms with Crippen molar-refractivity contribution in [2.45, 2.75) is 0 Å². The molecule has 0 rings (SSSR count). The maximum atomic E-state index is 11.0. The van der Waals surface area contributed by atoms with E-state index in [1.165, 1.54) is 0 Å². The maximum absolute atomic E-state index is 11.0. The Bertz CT molecular complexity index is 325. The van der Waals surface area contributed by atoms with Crippen molar-refractivity contribution < 1.29 is 19.4 Å². The highest BCUT2D eigenvalue weighted by Crippen LogP contribution is 1.80. The van der Waals surface area contributed by atoms with Crippen LogP contribution in [-0.4, -0.2) is 48.9 Å². The number of aliphatic hydroxyl groups is 1. The Morgan fingerprint density at radius 2 is 1.88 bits per heavy atom. The summed E-state index contributed by atoms with van der Waals surface area (Å²) in [5.41, 5.74) is 10.3. The molecule has 0 saturated heterocycles. The van der Waals surface area contributed by atoms with Gasteiger partial charge in [0, 0.05) is 6.54 Å². The number of nitrogens with one attached hydrogen (secondary N) is 1. The van der Waals surface area contributed by atoms with Crippen LogP contribution in [0.25, 0.3) is 0 Å². The van der Waals surface area contributed by atoms with E-state index >= 15 is 0 Å². The Morgan fingerprint density at radius 1 is 1.31 bits per heavy atom. The molecule has 0 heterocycles. The number of hydrogen-bond acceptors (Lipinski definition) is 6. The molecule has 9 heteroatoms. The molecule has 0 aromatic rings. The van der Waals surface area contributed by atoms with Gasteiger partial charge in [0.2, 0.25) is 11.7 Å². The van der Waals surface area contributed by atoms with Crippen LogP contribution in [-0.2, 0) is 14.3 Å². The summed E-state index contributed by atoms with van der Waals surface area (Å²) < 4.78 is 4.23. The highest BCUT2D eigenvalue weighted by Gasteiger charge is 2.08. The van der Waals surface area contributed by atoms with Crippen molar-refractivity contribution in [1.82, 2.24) is 5.32 Å². The molecule has 16 heavy (non-hydrogen) atoms. The van der Waals surface area contributed by atoms with Crippen LogP contribution >= 0.6 is 0 Å². The van der Waals surface area contributed by atoms with Gasteiger partial charge in [-0.15, -0.1) is 10.2 Å². The van der Waals surface area contributed by atoms with E-state index in [1.54, 1.807) is 0 Å². The molecule has 0 radical (unpaired) electrons. The van der Waals surface area contributed by atoms with Crippen LogP contribution in [0.3, 0.4) is 0 Å². The zero-order valence-electron chi connectivity index (χ0n) is 8.64. The van der Waals surface area contributed by atoms with Crippen LogP contribution in [0.15, 0.2) is 10.2 Å². The first-order chi connectivity index (χ1) is 7.52. The number of amides is 1. The summed E-state index contributed by atoms with van der Waals surface area (Å²) >= 11 is 0. The molecule has 6 N–H and O–H groups in total. The number of carbonyl (C=O) groups excluding carboxylic acids is 2. The fraction of sp³-hybridized carbons (Fsp3) is 0.429. The quantitative estimate of drug-likeness (QED) is 0.175. The largest absolute Gasteiger partial charge is 0.463 e. The number of hydrogen-bond donors (Lipinski definition) is 4. The molecule has 9 nitrogen and oxygen atoms in total. The topological polar surface area (TPSA) is 152 Å². The average Bonchev–Trinajstić information content (AvgIpc) is 2.31. The fourth-order valence-corrected chi connectivity index (χ4v) is 0.559. The third-order valence-electron chi connectivity index (χ3n) is 1.29. The lowest BCUT2D eigenvalue weighted by molar-refractivity contribution is -0.132. The number of nitrogens with two attached hydrogens (primary N) is 2. The molecule has 0 aliphatic rings. The second-order valence-corrected chi connectivity index (χ2v) is 2.44. The zero-order chi connectivity index (χ0) is 12.6. The monoisotopic (exact) mass is 231 g/mol. The first-order valence-electron chi connectivity index (χ1n) is 4.16. The number of amidine groups is 2. The lowest BCUT2D eigenvalue weighted by Crippen LogP contribution is -2.37. The van der Waals surface area contributed by atoms with Gasteiger partial charge in [0.15, 0.2) is 0 Å². The number of esters is 1. The van der Waals surface area contributed by atoms with Crippen molar-refractivity contribution in [2.24, 2.45) is 21.7 Å². The zero-order valence-corrected chi connectivity index (χ0v) is 8.64. The Hall–Kier alpha value is -2.16. The molecule has 0 aliphatic carbocycles. The van der Waals surface area contributed by atoms with Gasteiger partial charge in [0.05, 0.1) is 13.7 Å². The number of rotatable bonds is 3. The van der Waals surface area contributed by atoms with Crippen LogP contribution < -0.4 is 16.8 Å². The van der Waals surface area contributed by atoms with Crippen molar-refractivity contribution in [2.75, 3.05) is 20.3 Å². The third kappa shape index (κ3) is 4.91. The predicted molar refractivity (Wildman–Crippen MR) is 55.4 cm³/mol. The molecule has 0 fully saturated rings. The van der Waals surface area contributed by atoms with Crippen LogP contribution in [0, 0.1) is 0 Å². The molecule has 0 aliphatic heterocycles. The lowest BCUT2D eigenvalue weighted by Gasteiger charge is -2.00. The summed E-state index contributed by atoms with van der Waals surface area (Å²) in [4.78, 5) is 21.8. The van der Waals surface area contributed by atoms with Crippen molar-refractivity contribution >= 4 is 23.5 Å². The lowest BCUT2D eigenvalue weighted by atomic mass is 10.5. The van der Waals surface area contributed by atoms with Gasteiger partial charge in [0.25, 0.3) is 5.91 Å². The molecule has 0 bridgehead atoms. The Labute approximate surface area is 91.2 Å². The molecule has 0 spiro atoms. The summed E-state index contributed by atoms with van der Waals surface area (Å²) in [6.07, 6.45) is 0. The van der Waals surface area contributed by atoms with Gasteiger partial charge in [-0.25, -0.2) is 4.79 Å². The van der Waals surface area contributed by atoms with E-state index in [1.807, 2.05) is 0 Å². The normalized spacial score (nSPS) is 12.1. The summed E-state index contributed by atoms with van der Waals surface area (Å²) in [6, 6.07) is 0. The SMILES string of the molecule is COC(=O)/C(N)=N/N=C(\N)C(=O)NCCO. The Balaban J connectivity index is 4.43. The number of aliphatic hydroxyl groups excluding tert-OH is 1. The Morgan fingerprint density at radius 3 is 2.38 bits per heavy atom. The number of nitrogens with zero attached hydrogens (tertiary/aromatic N) is 2. The van der Waals surface area contributed by atoms with Gasteiger partial charge in [-0.1, -0.05) is 0 Å². The summed E-state index contributed by atoms with van der Waals surface area (Å²) in [5, 5.41) is 17.0. The standard InChI is InChI=1S/C7H13N5O4/c1-16-7(15)5(9)12-11-4(8)6(14)10-2-3-13/h13H,2-3H2,1H3,(H2,8,11)(H2,9,12)(H,10,14).